The van der Waals surface area contributed by atoms with Crippen LogP contribution in [0.15, 0.2) is 42.7 Å². The Morgan fingerprint density at radius 2 is 2.32 bits per heavy atom. The summed E-state index contributed by atoms with van der Waals surface area (Å²) in [6, 6.07) is 7.83. The Hall–Kier alpha value is -2.36. The Balaban J connectivity index is 2.17. The molecule has 0 spiro atoms. The van der Waals surface area contributed by atoms with E-state index in [1.54, 1.807) is 12.3 Å². The average molecular weight is 256 g/mol. The molecule has 2 aromatic rings. The minimum atomic E-state index is -0.937. The Labute approximate surface area is 112 Å². The number of hydrogen-bond donors (Lipinski definition) is 1. The number of rotatable bonds is 5. The van der Waals surface area contributed by atoms with E-state index in [2.05, 4.69) is 16.5 Å². The molecule has 19 heavy (non-hydrogen) atoms. The molecule has 0 radical (unpaired) electrons. The Morgan fingerprint density at radius 3 is 3.05 bits per heavy atom. The van der Waals surface area contributed by atoms with Crippen molar-refractivity contribution in [2.24, 2.45) is 0 Å². The average Bonchev–Trinajstić information content (AvgIpc) is 2.84. The summed E-state index contributed by atoms with van der Waals surface area (Å²) in [6.07, 6.45) is 7.39. The second-order valence-corrected chi connectivity index (χ2v) is 4.24. The van der Waals surface area contributed by atoms with Crippen molar-refractivity contribution in [1.82, 2.24) is 9.55 Å². The van der Waals surface area contributed by atoms with Crippen molar-refractivity contribution in [2.45, 2.75) is 19.9 Å². The third-order valence-electron chi connectivity index (χ3n) is 2.84. The van der Waals surface area contributed by atoms with E-state index < -0.39 is 5.97 Å². The van der Waals surface area contributed by atoms with Crippen molar-refractivity contribution in [3.63, 3.8) is 0 Å². The van der Waals surface area contributed by atoms with Gasteiger partial charge in [0.2, 0.25) is 0 Å². The van der Waals surface area contributed by atoms with Crippen LogP contribution < -0.4 is 0 Å². The number of carbonyl (C=O) groups is 1. The third kappa shape index (κ3) is 3.55. The molecule has 1 aromatic heterocycles. The summed E-state index contributed by atoms with van der Waals surface area (Å²) >= 11 is 0. The summed E-state index contributed by atoms with van der Waals surface area (Å²) in [5.41, 5.74) is 2.01. The topological polar surface area (TPSA) is 55.1 Å². The third-order valence-corrected chi connectivity index (χ3v) is 2.84. The van der Waals surface area contributed by atoms with Crippen LogP contribution in [0.25, 0.3) is 6.08 Å². The molecule has 4 nitrogen and oxygen atoms in total. The minimum absolute atomic E-state index is 0.748. The summed E-state index contributed by atoms with van der Waals surface area (Å²) in [5.74, 6) is 0.111. The molecule has 1 heterocycles. The molecule has 0 amide bonds. The highest BCUT2D eigenvalue weighted by atomic mass is 16.4. The molecule has 0 aliphatic carbocycles. The first-order valence-electron chi connectivity index (χ1n) is 6.19. The van der Waals surface area contributed by atoms with Gasteiger partial charge in [-0.1, -0.05) is 25.1 Å². The van der Waals surface area contributed by atoms with Crippen LogP contribution >= 0.6 is 0 Å². The van der Waals surface area contributed by atoms with Crippen LogP contribution in [-0.4, -0.2) is 20.6 Å². The molecule has 0 saturated carbocycles. The van der Waals surface area contributed by atoms with Crippen LogP contribution in [0.1, 0.15) is 23.9 Å². The number of aliphatic carboxylic acids is 1. The van der Waals surface area contributed by atoms with Crippen LogP contribution in [0, 0.1) is 0 Å². The molecule has 0 fully saturated rings. The first kappa shape index (κ1) is 13.1. The van der Waals surface area contributed by atoms with Gasteiger partial charge in [-0.25, -0.2) is 9.78 Å². The van der Waals surface area contributed by atoms with Gasteiger partial charge in [0.25, 0.3) is 0 Å². The maximum atomic E-state index is 10.5. The monoisotopic (exact) mass is 256 g/mol. The summed E-state index contributed by atoms with van der Waals surface area (Å²) in [7, 11) is 0. The van der Waals surface area contributed by atoms with E-state index in [1.165, 1.54) is 0 Å². The largest absolute Gasteiger partial charge is 0.478 e. The van der Waals surface area contributed by atoms with Crippen LogP contribution in [0.2, 0.25) is 0 Å². The fraction of sp³-hybridized carbons (Fsp3) is 0.200. The van der Waals surface area contributed by atoms with Crippen molar-refractivity contribution >= 4 is 12.0 Å². The molecule has 98 valence electrons. The number of nitrogens with zero attached hydrogens (tertiary/aromatic N) is 2. The van der Waals surface area contributed by atoms with E-state index in [1.807, 2.05) is 30.5 Å². The van der Waals surface area contributed by atoms with Crippen LogP contribution in [-0.2, 0) is 17.8 Å². The lowest BCUT2D eigenvalue weighted by Gasteiger charge is -2.07. The first-order valence-corrected chi connectivity index (χ1v) is 6.19. The standard InChI is InChI=1S/C15H16N2O2/c1-2-14-16-8-9-17(14)11-13-5-3-4-12(10-13)6-7-15(18)19/h3-10H,2,11H2,1H3,(H,18,19). The summed E-state index contributed by atoms with van der Waals surface area (Å²) in [6.45, 7) is 2.82. The molecular weight excluding hydrogens is 240 g/mol. The molecule has 1 aromatic carbocycles. The maximum absolute atomic E-state index is 10.5. The van der Waals surface area contributed by atoms with Crippen molar-refractivity contribution < 1.29 is 9.90 Å². The van der Waals surface area contributed by atoms with Gasteiger partial charge in [0.05, 0.1) is 0 Å². The molecule has 0 unspecified atom stereocenters. The van der Waals surface area contributed by atoms with Crippen LogP contribution in [0.4, 0.5) is 0 Å². The molecule has 0 aliphatic rings. The molecule has 0 bridgehead atoms. The second kappa shape index (κ2) is 6.00. The first-order chi connectivity index (χ1) is 9.19. The van der Waals surface area contributed by atoms with Crippen molar-refractivity contribution in [1.29, 1.82) is 0 Å². The highest BCUT2D eigenvalue weighted by molar-refractivity contribution is 5.85. The number of hydrogen-bond acceptors (Lipinski definition) is 2. The normalized spacial score (nSPS) is 11.0. The highest BCUT2D eigenvalue weighted by Gasteiger charge is 2.01. The summed E-state index contributed by atoms with van der Waals surface area (Å²) in [5, 5.41) is 8.62. The molecule has 1 N–H and O–H groups in total. The van der Waals surface area contributed by atoms with Gasteiger partial charge >= 0.3 is 5.97 Å². The number of carboxylic acids is 1. The van der Waals surface area contributed by atoms with E-state index in [-0.39, 0.29) is 0 Å². The zero-order valence-electron chi connectivity index (χ0n) is 10.8. The number of aromatic nitrogens is 2. The predicted octanol–water partition coefficient (Wildman–Crippen LogP) is 2.59. The Bertz CT molecular complexity index is 600. The van der Waals surface area contributed by atoms with E-state index in [0.717, 1.165) is 36.0 Å². The molecular formula is C15H16N2O2. The molecule has 2 rings (SSSR count). The van der Waals surface area contributed by atoms with E-state index in [4.69, 9.17) is 5.11 Å². The van der Waals surface area contributed by atoms with Gasteiger partial charge in [-0.3, -0.25) is 0 Å². The number of aryl methyl sites for hydroxylation is 1. The van der Waals surface area contributed by atoms with Crippen molar-refractivity contribution in [3.05, 3.63) is 59.7 Å². The van der Waals surface area contributed by atoms with Gasteiger partial charge in [0.1, 0.15) is 5.82 Å². The number of carboxylic acid groups (broad SMARTS) is 1. The van der Waals surface area contributed by atoms with Gasteiger partial charge in [0.15, 0.2) is 0 Å². The molecule has 0 aliphatic heterocycles. The van der Waals surface area contributed by atoms with Gasteiger partial charge in [-0.15, -0.1) is 0 Å². The lowest BCUT2D eigenvalue weighted by Crippen LogP contribution is -2.03. The summed E-state index contributed by atoms with van der Waals surface area (Å²) < 4.78 is 2.10. The SMILES string of the molecule is CCc1nccn1Cc1cccc(C=CC(=O)O)c1. The van der Waals surface area contributed by atoms with E-state index in [0.29, 0.717) is 0 Å². The van der Waals surface area contributed by atoms with E-state index in [9.17, 15) is 4.79 Å². The predicted molar refractivity (Wildman–Crippen MR) is 73.8 cm³/mol. The summed E-state index contributed by atoms with van der Waals surface area (Å²) in [4.78, 5) is 14.8. The van der Waals surface area contributed by atoms with Gasteiger partial charge in [-0.05, 0) is 23.3 Å². The second-order valence-electron chi connectivity index (χ2n) is 4.24. The van der Waals surface area contributed by atoms with Crippen LogP contribution in [0.3, 0.4) is 0 Å². The quantitative estimate of drug-likeness (QED) is 0.836. The zero-order chi connectivity index (χ0) is 13.7. The van der Waals surface area contributed by atoms with Gasteiger partial charge in [-0.2, -0.15) is 0 Å². The molecule has 4 heteroatoms. The van der Waals surface area contributed by atoms with Gasteiger partial charge < -0.3 is 9.67 Å². The fourth-order valence-electron chi connectivity index (χ4n) is 1.96. The maximum Gasteiger partial charge on any atom is 0.328 e. The lowest BCUT2D eigenvalue weighted by molar-refractivity contribution is -0.131. The smallest absolute Gasteiger partial charge is 0.328 e. The van der Waals surface area contributed by atoms with E-state index >= 15 is 0 Å². The lowest BCUT2D eigenvalue weighted by atomic mass is 10.1. The number of imidazole rings is 1. The minimum Gasteiger partial charge on any atom is -0.478 e. The van der Waals surface area contributed by atoms with Crippen LogP contribution in [0.5, 0.6) is 0 Å². The zero-order valence-corrected chi connectivity index (χ0v) is 10.8. The van der Waals surface area contributed by atoms with Crippen molar-refractivity contribution in [2.75, 3.05) is 0 Å². The van der Waals surface area contributed by atoms with Crippen molar-refractivity contribution in [3.8, 4) is 0 Å². The Morgan fingerprint density at radius 1 is 1.47 bits per heavy atom. The molecule has 0 saturated heterocycles. The van der Waals surface area contributed by atoms with Gasteiger partial charge in [0, 0.05) is 31.4 Å². The number of benzene rings is 1. The molecule has 0 atom stereocenters. The highest BCUT2D eigenvalue weighted by Crippen LogP contribution is 2.10. The fourth-order valence-corrected chi connectivity index (χ4v) is 1.96. The Kier molecular flexibility index (Phi) is 4.13.